The maximum Gasteiger partial charge on any atom is 0.336 e. The standard InChI is InChI=1S/C23H26N2O4/c1-27-20-7-8-21-18(15-23(26)29-22(21)16-20)17-25-11-9-24(10-12-25)13-14-28-19-5-3-2-4-6-19/h2-8,15-16H,9-14,17H2,1H3. The number of rotatable bonds is 7. The maximum absolute atomic E-state index is 12.0. The number of piperazine rings is 1. The van der Waals surface area contributed by atoms with E-state index in [9.17, 15) is 4.79 Å². The van der Waals surface area contributed by atoms with Gasteiger partial charge in [0.2, 0.25) is 0 Å². The fraction of sp³-hybridized carbons (Fsp3) is 0.348. The molecular formula is C23H26N2O4. The van der Waals surface area contributed by atoms with Crippen molar-refractivity contribution in [3.05, 3.63) is 70.6 Å². The zero-order chi connectivity index (χ0) is 20.1. The van der Waals surface area contributed by atoms with Crippen LogP contribution in [-0.2, 0) is 6.54 Å². The molecule has 2 aromatic carbocycles. The summed E-state index contributed by atoms with van der Waals surface area (Å²) in [5, 5.41) is 0.962. The Labute approximate surface area is 170 Å². The molecule has 6 heteroatoms. The van der Waals surface area contributed by atoms with E-state index in [0.717, 1.165) is 56.0 Å². The Morgan fingerprint density at radius 2 is 1.69 bits per heavy atom. The SMILES string of the molecule is COc1ccc2c(CN3CCN(CCOc4ccccc4)CC3)cc(=O)oc2c1. The van der Waals surface area contributed by atoms with Gasteiger partial charge in [-0.05, 0) is 29.8 Å². The Balaban J connectivity index is 1.32. The minimum absolute atomic E-state index is 0.322. The van der Waals surface area contributed by atoms with E-state index in [1.165, 1.54) is 0 Å². The van der Waals surface area contributed by atoms with Gasteiger partial charge in [-0.15, -0.1) is 0 Å². The summed E-state index contributed by atoms with van der Waals surface area (Å²) in [6.07, 6.45) is 0. The highest BCUT2D eigenvalue weighted by atomic mass is 16.5. The molecule has 1 aliphatic heterocycles. The zero-order valence-electron chi connectivity index (χ0n) is 16.7. The highest BCUT2D eigenvalue weighted by Crippen LogP contribution is 2.23. The number of hydrogen-bond donors (Lipinski definition) is 0. The normalized spacial score (nSPS) is 15.5. The lowest BCUT2D eigenvalue weighted by molar-refractivity contribution is 0.112. The van der Waals surface area contributed by atoms with Crippen LogP contribution in [0.3, 0.4) is 0 Å². The Morgan fingerprint density at radius 1 is 0.931 bits per heavy atom. The molecule has 0 atom stereocenters. The van der Waals surface area contributed by atoms with Crippen LogP contribution in [0.25, 0.3) is 11.0 Å². The van der Waals surface area contributed by atoms with Crippen molar-refractivity contribution >= 4 is 11.0 Å². The third kappa shape index (κ3) is 4.96. The van der Waals surface area contributed by atoms with Crippen molar-refractivity contribution in [3.8, 4) is 11.5 Å². The Morgan fingerprint density at radius 3 is 2.45 bits per heavy atom. The molecule has 3 aromatic rings. The number of benzene rings is 2. The van der Waals surface area contributed by atoms with E-state index in [4.69, 9.17) is 13.9 Å². The predicted octanol–water partition coefficient (Wildman–Crippen LogP) is 3.00. The highest BCUT2D eigenvalue weighted by Gasteiger charge is 2.18. The smallest absolute Gasteiger partial charge is 0.336 e. The summed E-state index contributed by atoms with van der Waals surface area (Å²) in [6.45, 7) is 6.25. The van der Waals surface area contributed by atoms with Crippen LogP contribution in [0.2, 0.25) is 0 Å². The molecule has 29 heavy (non-hydrogen) atoms. The first-order valence-electron chi connectivity index (χ1n) is 9.94. The van der Waals surface area contributed by atoms with Crippen LogP contribution in [0, 0.1) is 0 Å². The van der Waals surface area contributed by atoms with Crippen LogP contribution in [0.5, 0.6) is 11.5 Å². The van der Waals surface area contributed by atoms with Crippen molar-refractivity contribution in [2.45, 2.75) is 6.54 Å². The van der Waals surface area contributed by atoms with E-state index in [1.54, 1.807) is 19.2 Å². The van der Waals surface area contributed by atoms with Crippen molar-refractivity contribution in [2.24, 2.45) is 0 Å². The summed E-state index contributed by atoms with van der Waals surface area (Å²) in [5.74, 6) is 1.60. The van der Waals surface area contributed by atoms with Gasteiger partial charge in [0.15, 0.2) is 0 Å². The Kier molecular flexibility index (Phi) is 6.12. The van der Waals surface area contributed by atoms with Crippen LogP contribution >= 0.6 is 0 Å². The number of para-hydroxylation sites is 1. The predicted molar refractivity (Wildman–Crippen MR) is 113 cm³/mol. The van der Waals surface area contributed by atoms with Crippen molar-refractivity contribution < 1.29 is 13.9 Å². The van der Waals surface area contributed by atoms with Gasteiger partial charge in [0, 0.05) is 56.8 Å². The molecule has 2 heterocycles. The molecule has 0 bridgehead atoms. The number of hydrogen-bond acceptors (Lipinski definition) is 6. The van der Waals surface area contributed by atoms with Crippen molar-refractivity contribution in [1.82, 2.24) is 9.80 Å². The Hall–Kier alpha value is -2.83. The minimum Gasteiger partial charge on any atom is -0.497 e. The fourth-order valence-electron chi connectivity index (χ4n) is 3.69. The van der Waals surface area contributed by atoms with Crippen LogP contribution < -0.4 is 15.1 Å². The third-order valence-electron chi connectivity index (χ3n) is 5.32. The molecule has 0 saturated carbocycles. The summed E-state index contributed by atoms with van der Waals surface area (Å²) in [4.78, 5) is 16.8. The lowest BCUT2D eigenvalue weighted by atomic mass is 10.1. The van der Waals surface area contributed by atoms with Gasteiger partial charge in [-0.2, -0.15) is 0 Å². The monoisotopic (exact) mass is 394 g/mol. The lowest BCUT2D eigenvalue weighted by Gasteiger charge is -2.34. The quantitative estimate of drug-likeness (QED) is 0.574. The zero-order valence-corrected chi connectivity index (χ0v) is 16.7. The second-order valence-corrected chi connectivity index (χ2v) is 7.23. The summed E-state index contributed by atoms with van der Waals surface area (Å²) in [6, 6.07) is 17.2. The second kappa shape index (κ2) is 9.11. The topological polar surface area (TPSA) is 55.2 Å². The first-order chi connectivity index (χ1) is 14.2. The summed E-state index contributed by atoms with van der Waals surface area (Å²) in [5.41, 5.74) is 1.25. The van der Waals surface area contributed by atoms with Gasteiger partial charge in [-0.25, -0.2) is 4.79 Å². The highest BCUT2D eigenvalue weighted by molar-refractivity contribution is 5.81. The van der Waals surface area contributed by atoms with Crippen LogP contribution in [-0.4, -0.2) is 56.2 Å². The number of methoxy groups -OCH3 is 1. The summed E-state index contributed by atoms with van der Waals surface area (Å²) in [7, 11) is 1.60. The Bertz CT molecular complexity index is 995. The van der Waals surface area contributed by atoms with Crippen LogP contribution in [0.4, 0.5) is 0 Å². The van der Waals surface area contributed by atoms with E-state index in [0.29, 0.717) is 17.9 Å². The van der Waals surface area contributed by atoms with Gasteiger partial charge in [0.1, 0.15) is 23.7 Å². The minimum atomic E-state index is -0.322. The average Bonchev–Trinajstić information content (AvgIpc) is 2.75. The second-order valence-electron chi connectivity index (χ2n) is 7.23. The van der Waals surface area contributed by atoms with E-state index in [1.807, 2.05) is 42.5 Å². The van der Waals surface area contributed by atoms with Crippen molar-refractivity contribution in [2.75, 3.05) is 46.4 Å². The molecule has 4 rings (SSSR count). The molecule has 152 valence electrons. The first-order valence-corrected chi connectivity index (χ1v) is 9.94. The molecule has 0 N–H and O–H groups in total. The van der Waals surface area contributed by atoms with Crippen molar-refractivity contribution in [3.63, 3.8) is 0 Å². The van der Waals surface area contributed by atoms with Crippen LogP contribution in [0.15, 0.2) is 63.8 Å². The molecule has 0 spiro atoms. The van der Waals surface area contributed by atoms with E-state index in [2.05, 4.69) is 9.80 Å². The van der Waals surface area contributed by atoms with E-state index >= 15 is 0 Å². The van der Waals surface area contributed by atoms with Gasteiger partial charge in [0.25, 0.3) is 0 Å². The van der Waals surface area contributed by atoms with Gasteiger partial charge in [-0.1, -0.05) is 18.2 Å². The molecule has 6 nitrogen and oxygen atoms in total. The van der Waals surface area contributed by atoms with E-state index in [-0.39, 0.29) is 5.63 Å². The van der Waals surface area contributed by atoms with E-state index < -0.39 is 0 Å². The molecule has 0 aliphatic carbocycles. The van der Waals surface area contributed by atoms with Gasteiger partial charge >= 0.3 is 5.63 Å². The number of ether oxygens (including phenoxy) is 2. The molecule has 1 aromatic heterocycles. The average molecular weight is 394 g/mol. The molecular weight excluding hydrogens is 368 g/mol. The molecule has 1 aliphatic rings. The fourth-order valence-corrected chi connectivity index (χ4v) is 3.69. The molecule has 1 fully saturated rings. The number of nitrogens with zero attached hydrogens (tertiary/aromatic N) is 2. The number of fused-ring (bicyclic) bond motifs is 1. The van der Waals surface area contributed by atoms with Gasteiger partial charge in [0.05, 0.1) is 7.11 Å². The van der Waals surface area contributed by atoms with Crippen molar-refractivity contribution in [1.29, 1.82) is 0 Å². The van der Waals surface area contributed by atoms with Gasteiger partial charge < -0.3 is 13.9 Å². The molecule has 0 radical (unpaired) electrons. The van der Waals surface area contributed by atoms with Gasteiger partial charge in [-0.3, -0.25) is 9.80 Å². The van der Waals surface area contributed by atoms with Crippen LogP contribution in [0.1, 0.15) is 5.56 Å². The summed E-state index contributed by atoms with van der Waals surface area (Å²) >= 11 is 0. The summed E-state index contributed by atoms with van der Waals surface area (Å²) < 4.78 is 16.4. The third-order valence-corrected chi connectivity index (χ3v) is 5.32. The lowest BCUT2D eigenvalue weighted by Crippen LogP contribution is -2.47. The first kappa shape index (κ1) is 19.5. The molecule has 0 amide bonds. The molecule has 0 unspecified atom stereocenters. The molecule has 1 saturated heterocycles. The maximum atomic E-state index is 12.0. The largest absolute Gasteiger partial charge is 0.497 e.